The summed E-state index contributed by atoms with van der Waals surface area (Å²) in [4.78, 5) is 12.4. The third-order valence-electron chi connectivity index (χ3n) is 4.73. The Morgan fingerprint density at radius 3 is 2.59 bits per heavy atom. The molecule has 0 saturated carbocycles. The average Bonchev–Trinajstić information content (AvgIpc) is 2.75. The summed E-state index contributed by atoms with van der Waals surface area (Å²) in [5.41, 5.74) is 4.66. The molecule has 166 valence electrons. The van der Waals surface area contributed by atoms with Crippen LogP contribution in [0.1, 0.15) is 29.2 Å². The Kier molecular flexibility index (Phi) is 8.37. The van der Waals surface area contributed by atoms with E-state index >= 15 is 0 Å². The maximum Gasteiger partial charge on any atom is 0.248 e. The third kappa shape index (κ3) is 6.38. The number of aryl methyl sites for hydroxylation is 2. The molecule has 0 unspecified atom stereocenters. The van der Waals surface area contributed by atoms with Crippen molar-refractivity contribution in [1.29, 1.82) is 0 Å². The van der Waals surface area contributed by atoms with Crippen LogP contribution in [0, 0.1) is 13.8 Å². The van der Waals surface area contributed by atoms with Gasteiger partial charge in [-0.05, 0) is 78.2 Å². The van der Waals surface area contributed by atoms with E-state index in [-0.39, 0.29) is 5.91 Å². The molecular weight excluding hydrogens is 490 g/mol. The zero-order chi connectivity index (χ0) is 23.1. The summed E-state index contributed by atoms with van der Waals surface area (Å²) in [5.74, 6) is 0.970. The number of rotatable bonds is 8. The second-order valence-corrected chi connectivity index (χ2v) is 8.55. The van der Waals surface area contributed by atoms with Gasteiger partial charge in [0.05, 0.1) is 11.1 Å². The number of halogens is 2. The number of nitrogens with one attached hydrogen (secondary N) is 1. The summed E-state index contributed by atoms with van der Waals surface area (Å²) >= 11 is 9.80. The lowest BCUT2D eigenvalue weighted by Crippen LogP contribution is -2.09. The maximum absolute atomic E-state index is 12.4. The molecule has 0 aromatic heterocycles. The van der Waals surface area contributed by atoms with Crippen molar-refractivity contribution >= 4 is 45.2 Å². The summed E-state index contributed by atoms with van der Waals surface area (Å²) in [6.45, 7) is 6.69. The first kappa shape index (κ1) is 23.9. The highest BCUT2D eigenvalue weighted by molar-refractivity contribution is 9.10. The van der Waals surface area contributed by atoms with Crippen LogP contribution < -0.4 is 14.8 Å². The summed E-state index contributed by atoms with van der Waals surface area (Å²) in [7, 11) is 0. The topological polar surface area (TPSA) is 47.6 Å². The first-order valence-electron chi connectivity index (χ1n) is 10.3. The Morgan fingerprint density at radius 1 is 1.09 bits per heavy atom. The molecular formula is C26H25BrClNO3. The van der Waals surface area contributed by atoms with Crippen LogP contribution >= 0.6 is 27.5 Å². The van der Waals surface area contributed by atoms with E-state index in [0.717, 1.165) is 32.4 Å². The number of carbonyl (C=O) groups is 1. The molecule has 4 nitrogen and oxygen atoms in total. The predicted octanol–water partition coefficient (Wildman–Crippen LogP) is 7.35. The van der Waals surface area contributed by atoms with Crippen LogP contribution in [0.5, 0.6) is 11.5 Å². The third-order valence-corrected chi connectivity index (χ3v) is 5.69. The Bertz CT molecular complexity index is 1140. The van der Waals surface area contributed by atoms with Gasteiger partial charge in [-0.25, -0.2) is 0 Å². The molecule has 32 heavy (non-hydrogen) atoms. The van der Waals surface area contributed by atoms with E-state index in [1.165, 1.54) is 6.08 Å². The molecule has 0 aliphatic carbocycles. The maximum atomic E-state index is 12.4. The SMILES string of the molecule is CCOc1cc(/C=C/C(=O)Nc2ccc(C)cc2C)cc(Br)c1OCc1ccccc1Cl. The quantitative estimate of drug-likeness (QED) is 0.320. The van der Waals surface area contributed by atoms with Crippen molar-refractivity contribution < 1.29 is 14.3 Å². The normalized spacial score (nSPS) is 10.9. The van der Waals surface area contributed by atoms with Crippen LogP contribution in [0.25, 0.3) is 6.08 Å². The lowest BCUT2D eigenvalue weighted by Gasteiger charge is -2.15. The standard InChI is InChI=1S/C26H25BrClNO3/c1-4-31-24-15-19(10-12-25(30)29-23-11-9-17(2)13-18(23)3)14-21(27)26(24)32-16-20-7-5-6-8-22(20)28/h5-15H,4,16H2,1-3H3,(H,29,30)/b12-10+. The molecule has 3 aromatic carbocycles. The minimum Gasteiger partial charge on any atom is -0.490 e. The van der Waals surface area contributed by atoms with E-state index in [4.69, 9.17) is 21.1 Å². The summed E-state index contributed by atoms with van der Waals surface area (Å²) in [5, 5.41) is 3.56. The minimum atomic E-state index is -0.204. The average molecular weight is 515 g/mol. The molecule has 6 heteroatoms. The van der Waals surface area contributed by atoms with Crippen molar-refractivity contribution in [2.75, 3.05) is 11.9 Å². The van der Waals surface area contributed by atoms with Crippen molar-refractivity contribution in [3.8, 4) is 11.5 Å². The smallest absolute Gasteiger partial charge is 0.248 e. The molecule has 0 atom stereocenters. The molecule has 1 N–H and O–H groups in total. The highest BCUT2D eigenvalue weighted by Crippen LogP contribution is 2.38. The largest absolute Gasteiger partial charge is 0.490 e. The van der Waals surface area contributed by atoms with Crippen molar-refractivity contribution in [1.82, 2.24) is 0 Å². The van der Waals surface area contributed by atoms with Gasteiger partial charge in [0.1, 0.15) is 6.61 Å². The summed E-state index contributed by atoms with van der Waals surface area (Å²) in [6, 6.07) is 17.2. The fraction of sp³-hybridized carbons (Fsp3) is 0.192. The summed E-state index contributed by atoms with van der Waals surface area (Å²) < 4.78 is 12.5. The summed E-state index contributed by atoms with van der Waals surface area (Å²) in [6.07, 6.45) is 3.24. The first-order chi connectivity index (χ1) is 15.4. The van der Waals surface area contributed by atoms with Crippen LogP contribution in [-0.2, 0) is 11.4 Å². The fourth-order valence-electron chi connectivity index (χ4n) is 3.15. The Labute approximate surface area is 202 Å². The lowest BCUT2D eigenvalue weighted by molar-refractivity contribution is -0.111. The lowest BCUT2D eigenvalue weighted by atomic mass is 10.1. The van der Waals surface area contributed by atoms with Crippen LogP contribution in [0.4, 0.5) is 5.69 Å². The zero-order valence-electron chi connectivity index (χ0n) is 18.2. The van der Waals surface area contributed by atoms with Crippen LogP contribution in [0.15, 0.2) is 65.1 Å². The highest BCUT2D eigenvalue weighted by Gasteiger charge is 2.13. The van der Waals surface area contributed by atoms with Gasteiger partial charge in [0.2, 0.25) is 5.91 Å². The number of benzene rings is 3. The monoisotopic (exact) mass is 513 g/mol. The Morgan fingerprint density at radius 2 is 1.88 bits per heavy atom. The van der Waals surface area contributed by atoms with E-state index in [0.29, 0.717) is 29.7 Å². The Balaban J connectivity index is 1.75. The van der Waals surface area contributed by atoms with Gasteiger partial charge in [0, 0.05) is 22.3 Å². The number of amides is 1. The van der Waals surface area contributed by atoms with Gasteiger partial charge >= 0.3 is 0 Å². The number of carbonyl (C=O) groups excluding carboxylic acids is 1. The van der Waals surface area contributed by atoms with E-state index in [2.05, 4.69) is 21.2 Å². The van der Waals surface area contributed by atoms with Gasteiger partial charge in [-0.3, -0.25) is 4.79 Å². The number of hydrogen-bond acceptors (Lipinski definition) is 3. The van der Waals surface area contributed by atoms with Gasteiger partial charge in [0.25, 0.3) is 0 Å². The van der Waals surface area contributed by atoms with Crippen LogP contribution in [0.2, 0.25) is 5.02 Å². The van der Waals surface area contributed by atoms with Crippen molar-refractivity contribution in [3.63, 3.8) is 0 Å². The molecule has 3 rings (SSSR count). The number of ether oxygens (including phenoxy) is 2. The van der Waals surface area contributed by atoms with Crippen molar-refractivity contribution in [3.05, 3.63) is 92.4 Å². The second-order valence-electron chi connectivity index (χ2n) is 7.28. The Hall–Kier alpha value is -2.76. The van der Waals surface area contributed by atoms with E-state index in [9.17, 15) is 4.79 Å². The molecule has 0 heterocycles. The minimum absolute atomic E-state index is 0.204. The highest BCUT2D eigenvalue weighted by atomic mass is 79.9. The van der Waals surface area contributed by atoms with Gasteiger partial charge in [-0.2, -0.15) is 0 Å². The van der Waals surface area contributed by atoms with Crippen LogP contribution in [-0.4, -0.2) is 12.5 Å². The zero-order valence-corrected chi connectivity index (χ0v) is 20.6. The molecule has 0 saturated heterocycles. The first-order valence-corrected chi connectivity index (χ1v) is 11.4. The van der Waals surface area contributed by atoms with Gasteiger partial charge in [-0.15, -0.1) is 0 Å². The molecule has 0 aliphatic rings. The van der Waals surface area contributed by atoms with Gasteiger partial charge in [0.15, 0.2) is 11.5 Å². The fourth-order valence-corrected chi connectivity index (χ4v) is 3.92. The predicted molar refractivity (Wildman–Crippen MR) is 135 cm³/mol. The van der Waals surface area contributed by atoms with Crippen LogP contribution in [0.3, 0.4) is 0 Å². The number of anilines is 1. The van der Waals surface area contributed by atoms with Crippen molar-refractivity contribution in [2.45, 2.75) is 27.4 Å². The molecule has 0 radical (unpaired) electrons. The molecule has 0 aliphatic heterocycles. The molecule has 0 spiro atoms. The van der Waals surface area contributed by atoms with E-state index < -0.39 is 0 Å². The second kappa shape index (κ2) is 11.2. The van der Waals surface area contributed by atoms with Crippen molar-refractivity contribution in [2.24, 2.45) is 0 Å². The molecule has 0 fully saturated rings. The van der Waals surface area contributed by atoms with Gasteiger partial charge in [-0.1, -0.05) is 47.5 Å². The molecule has 1 amide bonds. The van der Waals surface area contributed by atoms with Gasteiger partial charge < -0.3 is 14.8 Å². The van der Waals surface area contributed by atoms with E-state index in [1.54, 1.807) is 6.08 Å². The molecule has 0 bridgehead atoms. The molecule has 3 aromatic rings. The number of hydrogen-bond donors (Lipinski definition) is 1. The van der Waals surface area contributed by atoms with E-state index in [1.807, 2.05) is 75.4 Å².